The molecule has 0 saturated carbocycles. The van der Waals surface area contributed by atoms with Crippen LogP contribution < -0.4 is 9.04 Å². The molecule has 0 radical (unpaired) electrons. The van der Waals surface area contributed by atoms with Crippen molar-refractivity contribution < 1.29 is 23.4 Å². The Kier molecular flexibility index (Phi) is 13.8. The number of carboxylic acids is 1. The van der Waals surface area contributed by atoms with E-state index in [-0.39, 0.29) is 12.3 Å². The van der Waals surface area contributed by atoms with Crippen LogP contribution in [0.1, 0.15) is 54.5 Å². The van der Waals surface area contributed by atoms with Gasteiger partial charge in [-0.05, 0) is 72.9 Å². The molecular formula is C36H36NO5S-. The summed E-state index contributed by atoms with van der Waals surface area (Å²) >= 11 is -2.53. The minimum Gasteiger partial charge on any atom is -0.755 e. The first kappa shape index (κ1) is 32.9. The molecule has 222 valence electrons. The third-order valence-corrected chi connectivity index (χ3v) is 6.91. The molecule has 43 heavy (non-hydrogen) atoms. The van der Waals surface area contributed by atoms with Crippen molar-refractivity contribution in [2.24, 2.45) is 0 Å². The predicted octanol–water partition coefficient (Wildman–Crippen LogP) is 7.41. The van der Waals surface area contributed by atoms with E-state index in [4.69, 9.17) is 9.84 Å². The number of unbranched alkanes of at least 4 members (excludes halogenated alkanes) is 1. The first-order valence-electron chi connectivity index (χ1n) is 14.1. The molecule has 0 fully saturated rings. The first-order chi connectivity index (χ1) is 20.9. The van der Waals surface area contributed by atoms with Crippen LogP contribution in [0.5, 0.6) is 5.75 Å². The second kappa shape index (κ2) is 18.0. The molecule has 1 atom stereocenters. The molecule has 1 N–H and O–H groups in total. The Labute approximate surface area is 257 Å². The number of allylic oxidation sites excluding steroid dienone is 1. The lowest BCUT2D eigenvalue weighted by atomic mass is 10.1. The number of hydrogen-bond donors (Lipinski definition) is 1. The van der Waals surface area contributed by atoms with Gasteiger partial charge in [-0.15, -0.1) is 0 Å². The van der Waals surface area contributed by atoms with Crippen molar-refractivity contribution in [3.05, 3.63) is 137 Å². The molecule has 0 aromatic heterocycles. The monoisotopic (exact) mass is 594 g/mol. The molecule has 0 spiro atoms. The zero-order valence-corrected chi connectivity index (χ0v) is 25.3. The number of hydrogen-bond acceptors (Lipinski definition) is 4. The van der Waals surface area contributed by atoms with Gasteiger partial charge in [0.2, 0.25) is 0 Å². The van der Waals surface area contributed by atoms with Crippen LogP contribution in [0.2, 0.25) is 0 Å². The fourth-order valence-electron chi connectivity index (χ4n) is 4.00. The number of nitrogens with zero attached hydrogens (tertiary/aromatic N) is 1. The van der Waals surface area contributed by atoms with Gasteiger partial charge in [0.15, 0.2) is 6.61 Å². The van der Waals surface area contributed by atoms with Gasteiger partial charge in [0.25, 0.3) is 0 Å². The Hall–Kier alpha value is -4.64. The maximum absolute atomic E-state index is 11.9. The second-order valence-electron chi connectivity index (χ2n) is 9.59. The minimum absolute atomic E-state index is 0.116. The number of aliphatic carboxylic acids is 1. The van der Waals surface area contributed by atoms with Gasteiger partial charge in [-0.25, -0.2) is 4.79 Å². The Morgan fingerprint density at radius 3 is 2.09 bits per heavy atom. The van der Waals surface area contributed by atoms with Crippen LogP contribution in [-0.4, -0.2) is 26.4 Å². The summed E-state index contributed by atoms with van der Waals surface area (Å²) in [5.74, 6) is 5.47. The molecule has 0 aliphatic rings. The number of aryl methyl sites for hydroxylation is 1. The molecule has 7 heteroatoms. The zero-order chi connectivity index (χ0) is 30.9. The van der Waals surface area contributed by atoms with Crippen molar-refractivity contribution in [3.63, 3.8) is 0 Å². The summed E-state index contributed by atoms with van der Waals surface area (Å²) in [6.45, 7) is 3.81. The number of carbonyl (C=O) groups is 1. The van der Waals surface area contributed by atoms with Crippen molar-refractivity contribution in [2.45, 2.75) is 39.7 Å². The topological polar surface area (TPSA) is 89.9 Å². The molecule has 6 nitrogen and oxygen atoms in total. The molecule has 0 saturated heterocycles. The van der Waals surface area contributed by atoms with Crippen LogP contribution in [0.25, 0.3) is 6.08 Å². The van der Waals surface area contributed by atoms with Crippen molar-refractivity contribution in [3.8, 4) is 17.6 Å². The molecule has 4 aromatic carbocycles. The van der Waals surface area contributed by atoms with Gasteiger partial charge in [-0.2, -0.15) is 0 Å². The molecule has 0 aliphatic carbocycles. The van der Waals surface area contributed by atoms with Gasteiger partial charge in [-0.1, -0.05) is 98.0 Å². The smallest absolute Gasteiger partial charge is 0.341 e. The molecule has 4 aromatic rings. The Morgan fingerprint density at radius 2 is 1.53 bits per heavy atom. The van der Waals surface area contributed by atoms with E-state index in [0.717, 1.165) is 23.1 Å². The molecule has 0 heterocycles. The molecule has 0 aliphatic heterocycles. The minimum atomic E-state index is -2.53. The average molecular weight is 595 g/mol. The van der Waals surface area contributed by atoms with E-state index in [2.05, 4.69) is 49.1 Å². The lowest BCUT2D eigenvalue weighted by Crippen LogP contribution is -2.24. The van der Waals surface area contributed by atoms with Crippen LogP contribution in [0, 0.1) is 11.8 Å². The largest absolute Gasteiger partial charge is 0.755 e. The quantitative estimate of drug-likeness (QED) is 0.144. The standard InChI is InChI=1S/C27H27NO5S.C9H10/c1-2-3-5-21-8-10-22(11-9-21)12-13-23-14-16-24(17-15-23)19-28(34(31)32)25-6-4-7-26(18-25)33-20-27(29)30;1-2-6-9-7-4-3-5-8-9/h4,6-11,14-18H,2-3,5,19-20H2,1H3,(H,29,30)(H,31,32);2-8H,1H3/p-1/b;6-2+. The normalized spacial score (nSPS) is 11.0. The lowest BCUT2D eigenvalue weighted by molar-refractivity contribution is -0.139. The number of benzene rings is 4. The van der Waals surface area contributed by atoms with E-state index in [1.165, 1.54) is 34.3 Å². The van der Waals surface area contributed by atoms with Crippen LogP contribution in [-0.2, 0) is 29.0 Å². The number of ether oxygens (including phenoxy) is 1. The van der Waals surface area contributed by atoms with Gasteiger partial charge in [-0.3, -0.25) is 8.51 Å². The summed E-state index contributed by atoms with van der Waals surface area (Å²) in [6, 6.07) is 32.2. The second-order valence-corrected chi connectivity index (χ2v) is 10.5. The summed E-state index contributed by atoms with van der Waals surface area (Å²) in [5, 5.41) is 8.76. The van der Waals surface area contributed by atoms with Gasteiger partial charge in [0.1, 0.15) is 5.75 Å². The van der Waals surface area contributed by atoms with E-state index in [1.807, 2.05) is 67.6 Å². The molecule has 0 amide bonds. The van der Waals surface area contributed by atoms with E-state index in [9.17, 15) is 13.6 Å². The summed E-state index contributed by atoms with van der Waals surface area (Å²) < 4.78 is 30.0. The molecule has 4 rings (SSSR count). The summed E-state index contributed by atoms with van der Waals surface area (Å²) in [5.41, 5.74) is 5.52. The third-order valence-electron chi connectivity index (χ3n) is 6.21. The fourth-order valence-corrected chi connectivity index (χ4v) is 4.54. The maximum Gasteiger partial charge on any atom is 0.341 e. The number of carboxylic acid groups (broad SMARTS) is 1. The molecule has 1 unspecified atom stereocenters. The van der Waals surface area contributed by atoms with E-state index >= 15 is 0 Å². The summed E-state index contributed by atoms with van der Waals surface area (Å²) in [7, 11) is 0. The van der Waals surface area contributed by atoms with Gasteiger partial charge in [0.05, 0.1) is 12.2 Å². The maximum atomic E-state index is 11.9. The van der Waals surface area contributed by atoms with Crippen molar-refractivity contribution >= 4 is 29.0 Å². The highest BCUT2D eigenvalue weighted by atomic mass is 32.2. The average Bonchev–Trinajstić information content (AvgIpc) is 3.02. The van der Waals surface area contributed by atoms with E-state index in [0.29, 0.717) is 5.69 Å². The fraction of sp³-hybridized carbons (Fsp3) is 0.194. The van der Waals surface area contributed by atoms with Gasteiger partial charge in [0, 0.05) is 28.5 Å². The SMILES string of the molecule is C/C=C/c1ccccc1.CCCCc1ccc(C#Cc2ccc(CN(c3cccc(OCC(=O)O)c3)S(=O)[O-])cc2)cc1. The highest BCUT2D eigenvalue weighted by Gasteiger charge is 2.10. The lowest BCUT2D eigenvalue weighted by Gasteiger charge is -2.26. The zero-order valence-electron chi connectivity index (χ0n) is 24.4. The predicted molar refractivity (Wildman–Crippen MR) is 173 cm³/mol. The van der Waals surface area contributed by atoms with E-state index in [1.54, 1.807) is 18.2 Å². The van der Waals surface area contributed by atoms with Crippen LogP contribution in [0.4, 0.5) is 5.69 Å². The van der Waals surface area contributed by atoms with Crippen molar-refractivity contribution in [1.82, 2.24) is 0 Å². The van der Waals surface area contributed by atoms with Crippen LogP contribution in [0.15, 0.2) is 109 Å². The van der Waals surface area contributed by atoms with Crippen molar-refractivity contribution in [1.29, 1.82) is 0 Å². The van der Waals surface area contributed by atoms with Crippen molar-refractivity contribution in [2.75, 3.05) is 10.9 Å². The highest BCUT2D eigenvalue weighted by Crippen LogP contribution is 2.24. The molecular weight excluding hydrogens is 558 g/mol. The summed E-state index contributed by atoms with van der Waals surface area (Å²) in [6.07, 6.45) is 7.55. The Morgan fingerprint density at radius 1 is 0.907 bits per heavy atom. The van der Waals surface area contributed by atoms with Crippen LogP contribution >= 0.6 is 0 Å². The molecule has 0 bridgehead atoms. The number of anilines is 1. The number of rotatable bonds is 11. The Bertz CT molecular complexity index is 1540. The van der Waals surface area contributed by atoms with Gasteiger partial charge < -0.3 is 14.4 Å². The van der Waals surface area contributed by atoms with Gasteiger partial charge >= 0.3 is 5.97 Å². The Balaban J connectivity index is 0.000000480. The highest BCUT2D eigenvalue weighted by molar-refractivity contribution is 7.80. The third kappa shape index (κ3) is 12.0. The van der Waals surface area contributed by atoms with E-state index < -0.39 is 23.8 Å². The van der Waals surface area contributed by atoms with Crippen LogP contribution in [0.3, 0.4) is 0 Å². The first-order valence-corrected chi connectivity index (χ1v) is 15.1. The summed E-state index contributed by atoms with van der Waals surface area (Å²) in [4.78, 5) is 10.7.